The van der Waals surface area contributed by atoms with Crippen molar-refractivity contribution in [3.63, 3.8) is 0 Å². The average Bonchev–Trinajstić information content (AvgIpc) is 3.06. The lowest BCUT2D eigenvalue weighted by molar-refractivity contribution is 0.0419. The molecule has 1 aliphatic rings. The van der Waals surface area contributed by atoms with Crippen LogP contribution in [0.1, 0.15) is 47.6 Å². The van der Waals surface area contributed by atoms with Gasteiger partial charge >= 0.3 is 0 Å². The minimum atomic E-state index is -0.575. The predicted octanol–water partition coefficient (Wildman–Crippen LogP) is 1.96. The number of hydrogen-bond donors (Lipinski definition) is 1. The van der Waals surface area contributed by atoms with Gasteiger partial charge in [0.1, 0.15) is 11.9 Å². The molecule has 2 aromatic rings. The number of aliphatic hydroxyl groups is 1. The third-order valence-electron chi connectivity index (χ3n) is 4.91. The first-order chi connectivity index (χ1) is 11.6. The van der Waals surface area contributed by atoms with Crippen molar-refractivity contribution in [3.8, 4) is 0 Å². The lowest BCUT2D eigenvalue weighted by Crippen LogP contribution is -2.40. The second-order valence-corrected chi connectivity index (χ2v) is 6.36. The Balaban J connectivity index is 1.65. The fourth-order valence-electron chi connectivity index (χ4n) is 3.38. The van der Waals surface area contributed by atoms with E-state index in [2.05, 4.69) is 9.97 Å². The van der Waals surface area contributed by atoms with Gasteiger partial charge in [-0.1, -0.05) is 6.92 Å². The quantitative estimate of drug-likeness (QED) is 0.931. The number of carbonyl (C=O) groups is 1. The molecule has 1 atom stereocenters. The Morgan fingerprint density at radius 1 is 1.38 bits per heavy atom. The van der Waals surface area contributed by atoms with Gasteiger partial charge < -0.3 is 14.6 Å². The number of aryl methyl sites for hydroxylation is 2. The molecule has 6 nitrogen and oxygen atoms in total. The van der Waals surface area contributed by atoms with Crippen LogP contribution in [0.2, 0.25) is 0 Å². The summed E-state index contributed by atoms with van der Waals surface area (Å²) < 4.78 is 1.85. The van der Waals surface area contributed by atoms with E-state index in [1.807, 2.05) is 29.6 Å². The smallest absolute Gasteiger partial charge is 0.254 e. The van der Waals surface area contributed by atoms with E-state index in [-0.39, 0.29) is 11.8 Å². The molecule has 0 saturated carbocycles. The van der Waals surface area contributed by atoms with E-state index in [0.717, 1.165) is 30.4 Å². The number of piperidine rings is 1. The molecule has 1 amide bonds. The van der Waals surface area contributed by atoms with Gasteiger partial charge in [-0.3, -0.25) is 9.78 Å². The largest absolute Gasteiger partial charge is 0.385 e. The number of likely N-dealkylation sites (tertiary alicyclic amines) is 1. The van der Waals surface area contributed by atoms with Crippen molar-refractivity contribution in [1.82, 2.24) is 19.4 Å². The van der Waals surface area contributed by atoms with Crippen LogP contribution in [-0.2, 0) is 13.5 Å². The maximum atomic E-state index is 12.8. The lowest BCUT2D eigenvalue weighted by atomic mass is 9.90. The molecule has 0 aromatic carbocycles. The number of hydrogen-bond acceptors (Lipinski definition) is 4. The zero-order chi connectivity index (χ0) is 17.1. The number of aliphatic hydroxyl groups excluding tert-OH is 1. The van der Waals surface area contributed by atoms with Crippen molar-refractivity contribution in [3.05, 3.63) is 47.8 Å². The van der Waals surface area contributed by atoms with Crippen LogP contribution in [-0.4, -0.2) is 43.5 Å². The summed E-state index contributed by atoms with van der Waals surface area (Å²) in [7, 11) is 1.89. The Morgan fingerprint density at radius 3 is 2.75 bits per heavy atom. The van der Waals surface area contributed by atoms with Gasteiger partial charge in [-0.15, -0.1) is 0 Å². The van der Waals surface area contributed by atoms with Gasteiger partial charge in [0.15, 0.2) is 0 Å². The molecular formula is C18H24N4O2. The Labute approximate surface area is 142 Å². The number of imidazole rings is 1. The normalized spacial score (nSPS) is 17.0. The Bertz CT molecular complexity index is 705. The minimum Gasteiger partial charge on any atom is -0.385 e. The van der Waals surface area contributed by atoms with E-state index in [4.69, 9.17) is 0 Å². The minimum absolute atomic E-state index is 0.0687. The molecular weight excluding hydrogens is 304 g/mol. The fraction of sp³-hybridized carbons (Fsp3) is 0.500. The van der Waals surface area contributed by atoms with Gasteiger partial charge in [0.25, 0.3) is 5.91 Å². The van der Waals surface area contributed by atoms with Crippen LogP contribution in [0.4, 0.5) is 0 Å². The number of pyridine rings is 1. The molecule has 6 heteroatoms. The topological polar surface area (TPSA) is 71.2 Å². The lowest BCUT2D eigenvalue weighted by Gasteiger charge is -2.34. The van der Waals surface area contributed by atoms with E-state index in [9.17, 15) is 9.90 Å². The highest BCUT2D eigenvalue weighted by atomic mass is 16.3. The highest BCUT2D eigenvalue weighted by Crippen LogP contribution is 2.30. The Kier molecular flexibility index (Phi) is 4.94. The second-order valence-electron chi connectivity index (χ2n) is 6.36. The van der Waals surface area contributed by atoms with Crippen LogP contribution in [0.3, 0.4) is 0 Å². The molecule has 1 N–H and O–H groups in total. The van der Waals surface area contributed by atoms with E-state index >= 15 is 0 Å². The molecule has 0 aliphatic carbocycles. The molecule has 128 valence electrons. The standard InChI is InChI=1S/C18H24N4O2/c1-3-13-12-19-7-4-15(13)18(24)22-9-5-14(6-10-22)16(23)17-20-8-11-21(17)2/h4,7-8,11-12,14,16,23H,3,5-6,9-10H2,1-2H3. The summed E-state index contributed by atoms with van der Waals surface area (Å²) in [6.45, 7) is 3.36. The number of amides is 1. The zero-order valence-electron chi connectivity index (χ0n) is 14.2. The molecule has 3 heterocycles. The highest BCUT2D eigenvalue weighted by molar-refractivity contribution is 5.95. The number of rotatable bonds is 4. The van der Waals surface area contributed by atoms with Crippen LogP contribution in [0.25, 0.3) is 0 Å². The first-order valence-corrected chi connectivity index (χ1v) is 8.49. The number of nitrogens with zero attached hydrogens (tertiary/aromatic N) is 4. The van der Waals surface area contributed by atoms with Crippen LogP contribution < -0.4 is 0 Å². The van der Waals surface area contributed by atoms with Gasteiger partial charge in [-0.05, 0) is 36.8 Å². The van der Waals surface area contributed by atoms with Crippen molar-refractivity contribution in [1.29, 1.82) is 0 Å². The molecule has 1 saturated heterocycles. The molecule has 0 spiro atoms. The summed E-state index contributed by atoms with van der Waals surface area (Å²) >= 11 is 0. The maximum Gasteiger partial charge on any atom is 0.254 e. The SMILES string of the molecule is CCc1cnccc1C(=O)N1CCC(C(O)c2nccn2C)CC1. The molecule has 0 radical (unpaired) electrons. The van der Waals surface area contributed by atoms with E-state index in [1.54, 1.807) is 24.7 Å². The third kappa shape index (κ3) is 3.19. The molecule has 2 aromatic heterocycles. The van der Waals surface area contributed by atoms with E-state index in [1.165, 1.54) is 0 Å². The molecule has 1 unspecified atom stereocenters. The third-order valence-corrected chi connectivity index (χ3v) is 4.91. The molecule has 1 fully saturated rings. The first kappa shape index (κ1) is 16.6. The molecule has 3 rings (SSSR count). The first-order valence-electron chi connectivity index (χ1n) is 8.49. The molecule has 24 heavy (non-hydrogen) atoms. The summed E-state index contributed by atoms with van der Waals surface area (Å²) in [5.41, 5.74) is 1.73. The van der Waals surface area contributed by atoms with Gasteiger partial charge in [0.05, 0.1) is 0 Å². The summed E-state index contributed by atoms with van der Waals surface area (Å²) in [6.07, 6.45) is 8.77. The summed E-state index contributed by atoms with van der Waals surface area (Å²) in [6, 6.07) is 1.80. The maximum absolute atomic E-state index is 12.8. The Hall–Kier alpha value is -2.21. The zero-order valence-corrected chi connectivity index (χ0v) is 14.2. The van der Waals surface area contributed by atoms with Crippen molar-refractivity contribution in [2.75, 3.05) is 13.1 Å². The van der Waals surface area contributed by atoms with E-state index in [0.29, 0.717) is 18.9 Å². The van der Waals surface area contributed by atoms with Gasteiger partial charge in [0.2, 0.25) is 0 Å². The fourth-order valence-corrected chi connectivity index (χ4v) is 3.38. The molecule has 1 aliphatic heterocycles. The summed E-state index contributed by atoms with van der Waals surface area (Å²) in [4.78, 5) is 23.0. The van der Waals surface area contributed by atoms with Crippen molar-refractivity contribution in [2.24, 2.45) is 13.0 Å². The van der Waals surface area contributed by atoms with Crippen LogP contribution >= 0.6 is 0 Å². The highest BCUT2D eigenvalue weighted by Gasteiger charge is 2.30. The van der Waals surface area contributed by atoms with Gasteiger partial charge in [-0.25, -0.2) is 4.98 Å². The van der Waals surface area contributed by atoms with Gasteiger partial charge in [0, 0.05) is 50.5 Å². The average molecular weight is 328 g/mol. The van der Waals surface area contributed by atoms with Crippen molar-refractivity contribution in [2.45, 2.75) is 32.3 Å². The monoisotopic (exact) mass is 328 g/mol. The van der Waals surface area contributed by atoms with Crippen LogP contribution in [0.15, 0.2) is 30.9 Å². The van der Waals surface area contributed by atoms with Crippen LogP contribution in [0.5, 0.6) is 0 Å². The number of aromatic nitrogens is 3. The van der Waals surface area contributed by atoms with Crippen molar-refractivity contribution >= 4 is 5.91 Å². The molecule has 0 bridgehead atoms. The van der Waals surface area contributed by atoms with Gasteiger partial charge in [-0.2, -0.15) is 0 Å². The predicted molar refractivity (Wildman–Crippen MR) is 90.4 cm³/mol. The second kappa shape index (κ2) is 7.13. The van der Waals surface area contributed by atoms with Crippen molar-refractivity contribution < 1.29 is 9.90 Å². The summed E-state index contributed by atoms with van der Waals surface area (Å²) in [5, 5.41) is 10.5. The number of carbonyl (C=O) groups excluding carboxylic acids is 1. The van der Waals surface area contributed by atoms with Crippen LogP contribution in [0, 0.1) is 5.92 Å². The summed E-state index contributed by atoms with van der Waals surface area (Å²) in [5.74, 6) is 0.902. The van der Waals surface area contributed by atoms with E-state index < -0.39 is 6.10 Å². The Morgan fingerprint density at radius 2 is 2.12 bits per heavy atom.